The van der Waals surface area contributed by atoms with Crippen LogP contribution in [0.1, 0.15) is 92.4 Å². The van der Waals surface area contributed by atoms with Crippen LogP contribution in [0.4, 0.5) is 0 Å². The van der Waals surface area contributed by atoms with Crippen molar-refractivity contribution in [1.82, 2.24) is 0 Å². The fourth-order valence-electron chi connectivity index (χ4n) is 15.0. The van der Waals surface area contributed by atoms with Crippen molar-refractivity contribution in [2.75, 3.05) is 26.4 Å². The zero-order chi connectivity index (χ0) is 53.5. The molecular formula is C51H84O23. The van der Waals surface area contributed by atoms with Gasteiger partial charge in [0.2, 0.25) is 0 Å². The Hall–Kier alpha value is -1.18. The highest BCUT2D eigenvalue weighted by Gasteiger charge is 2.68. The van der Waals surface area contributed by atoms with Crippen molar-refractivity contribution in [3.8, 4) is 0 Å². The largest absolute Gasteiger partial charge is 0.394 e. The van der Waals surface area contributed by atoms with Crippen LogP contribution < -0.4 is 0 Å². The Morgan fingerprint density at radius 1 is 0.635 bits per heavy atom. The first-order valence-electron chi connectivity index (χ1n) is 26.9. The molecule has 5 aliphatic heterocycles. The van der Waals surface area contributed by atoms with Gasteiger partial charge in [-0.3, -0.25) is 0 Å². The standard InChI is InChI=1S/C51H84O23/c1-20(19-66-45-40(62)38(60)34(56)29(16-52)69-45)8-13-51(65)21(2)32-28(74-51)15-27-25-7-6-23-14-24(9-11-49(23,4)26(25)10-12-50(27,32)5)68-47-42(64)43(36(58)31(18-54)70-47)72-48-44(39(61)35(57)30(17-53)71-48)73-46-41(63)37(59)33(55)22(3)67-46/h6,20-22,24-48,52-65H,7-19H2,1-5H3. The topological polar surface area (TPSA) is 366 Å². The lowest BCUT2D eigenvalue weighted by Crippen LogP contribution is -2.67. The summed E-state index contributed by atoms with van der Waals surface area (Å²) in [5.74, 6) is -0.229. The Labute approximate surface area is 430 Å². The van der Waals surface area contributed by atoms with Crippen molar-refractivity contribution < 1.29 is 114 Å². The van der Waals surface area contributed by atoms with Gasteiger partial charge in [-0.2, -0.15) is 0 Å². The summed E-state index contributed by atoms with van der Waals surface area (Å²) in [4.78, 5) is 0. The van der Waals surface area contributed by atoms with Crippen LogP contribution in [0, 0.1) is 46.3 Å². The number of aliphatic hydroxyl groups is 14. The lowest BCUT2D eigenvalue weighted by molar-refractivity contribution is -0.389. The number of hydrogen-bond acceptors (Lipinski definition) is 23. The molecule has 0 aromatic heterocycles. The van der Waals surface area contributed by atoms with Crippen molar-refractivity contribution in [3.05, 3.63) is 11.6 Å². The fraction of sp³-hybridized carbons (Fsp3) is 0.961. The smallest absolute Gasteiger partial charge is 0.187 e. The number of rotatable bonds is 15. The Balaban J connectivity index is 0.818. The Bertz CT molecular complexity index is 1920. The lowest BCUT2D eigenvalue weighted by Gasteiger charge is -2.58. The van der Waals surface area contributed by atoms with Gasteiger partial charge in [0, 0.05) is 12.3 Å². The molecule has 0 bridgehead atoms. The summed E-state index contributed by atoms with van der Waals surface area (Å²) in [7, 11) is 0. The molecule has 31 unspecified atom stereocenters. The average Bonchev–Trinajstić information content (AvgIpc) is 3.82. The molecule has 23 nitrogen and oxygen atoms in total. The summed E-state index contributed by atoms with van der Waals surface area (Å²) < 4.78 is 53.7. The zero-order valence-electron chi connectivity index (χ0n) is 42.9. The Morgan fingerprint density at radius 2 is 1.23 bits per heavy atom. The van der Waals surface area contributed by atoms with Crippen LogP contribution in [0.5, 0.6) is 0 Å². The number of aliphatic hydroxyl groups excluding tert-OH is 13. The van der Waals surface area contributed by atoms with Gasteiger partial charge >= 0.3 is 0 Å². The normalized spacial score (nSPS) is 54.9. The van der Waals surface area contributed by atoms with Crippen molar-refractivity contribution in [2.24, 2.45) is 46.3 Å². The van der Waals surface area contributed by atoms with E-state index in [0.717, 1.165) is 32.1 Å². The number of allylic oxidation sites excluding steroid dienone is 1. The molecule has 5 heterocycles. The maximum atomic E-state index is 12.1. The zero-order valence-corrected chi connectivity index (χ0v) is 42.9. The molecule has 74 heavy (non-hydrogen) atoms. The van der Waals surface area contributed by atoms with E-state index in [1.165, 1.54) is 12.5 Å². The molecule has 23 heteroatoms. The molecule has 0 amide bonds. The minimum atomic E-state index is -1.85. The predicted octanol–water partition coefficient (Wildman–Crippen LogP) is -3.01. The SMILES string of the molecule is CC(CCC1(O)OC2CC3C4CC=C5CC(OC6OC(CO)C(O)C(OC7OC(CO)C(O)C(O)C7OC7OC(C)C(O)C(O)C7O)C6O)CCC5(C)C4CCC3(C)C2C1C)COC1OC(CO)C(O)C(O)C1O. The van der Waals surface area contributed by atoms with Crippen LogP contribution >= 0.6 is 0 Å². The maximum Gasteiger partial charge on any atom is 0.187 e. The molecule has 4 aliphatic carbocycles. The van der Waals surface area contributed by atoms with Gasteiger partial charge in [-0.1, -0.05) is 39.3 Å². The van der Waals surface area contributed by atoms with Crippen LogP contribution in [0.2, 0.25) is 0 Å². The van der Waals surface area contributed by atoms with Gasteiger partial charge in [-0.25, -0.2) is 0 Å². The highest BCUT2D eigenvalue weighted by atomic mass is 16.8. The molecule has 3 saturated carbocycles. The van der Waals surface area contributed by atoms with E-state index in [0.29, 0.717) is 43.4 Å². The Kier molecular flexibility index (Phi) is 17.4. The lowest BCUT2D eigenvalue weighted by atomic mass is 9.47. The molecule has 5 saturated heterocycles. The first-order chi connectivity index (χ1) is 35.0. The second-order valence-corrected chi connectivity index (χ2v) is 23.8. The predicted molar refractivity (Wildman–Crippen MR) is 250 cm³/mol. The van der Waals surface area contributed by atoms with E-state index >= 15 is 0 Å². The Morgan fingerprint density at radius 3 is 1.92 bits per heavy atom. The summed E-state index contributed by atoms with van der Waals surface area (Å²) in [6.45, 7) is 8.32. The van der Waals surface area contributed by atoms with Crippen molar-refractivity contribution >= 4 is 0 Å². The second-order valence-electron chi connectivity index (χ2n) is 23.8. The molecular weight excluding hydrogens is 981 g/mol. The summed E-state index contributed by atoms with van der Waals surface area (Å²) >= 11 is 0. The third-order valence-electron chi connectivity index (χ3n) is 19.5. The molecule has 9 aliphatic rings. The van der Waals surface area contributed by atoms with E-state index in [1.807, 2.05) is 6.92 Å². The maximum absolute atomic E-state index is 12.1. The molecule has 14 N–H and O–H groups in total. The molecule has 0 radical (unpaired) electrons. The monoisotopic (exact) mass is 1060 g/mol. The third-order valence-corrected chi connectivity index (χ3v) is 19.5. The minimum absolute atomic E-state index is 0.0578. The fourth-order valence-corrected chi connectivity index (χ4v) is 15.0. The highest BCUT2D eigenvalue weighted by molar-refractivity contribution is 5.26. The first-order valence-corrected chi connectivity index (χ1v) is 26.9. The van der Waals surface area contributed by atoms with Gasteiger partial charge in [-0.05, 0) is 98.7 Å². The summed E-state index contributed by atoms with van der Waals surface area (Å²) in [5, 5.41) is 149. The number of hydrogen-bond donors (Lipinski definition) is 14. The van der Waals surface area contributed by atoms with E-state index in [4.69, 9.17) is 42.6 Å². The summed E-state index contributed by atoms with van der Waals surface area (Å²) in [6.07, 6.45) is -22.3. The van der Waals surface area contributed by atoms with E-state index in [9.17, 15) is 71.5 Å². The highest BCUT2D eigenvalue weighted by Crippen LogP contribution is 2.70. The van der Waals surface area contributed by atoms with E-state index in [2.05, 4.69) is 26.8 Å². The van der Waals surface area contributed by atoms with Gasteiger partial charge in [-0.15, -0.1) is 0 Å². The van der Waals surface area contributed by atoms with Gasteiger partial charge in [0.25, 0.3) is 0 Å². The van der Waals surface area contributed by atoms with E-state index in [1.54, 1.807) is 0 Å². The molecule has 0 spiro atoms. The molecule has 0 aromatic rings. The molecule has 31 atom stereocenters. The van der Waals surface area contributed by atoms with E-state index < -0.39 is 155 Å². The van der Waals surface area contributed by atoms with Crippen LogP contribution in [0.25, 0.3) is 0 Å². The van der Waals surface area contributed by atoms with Crippen molar-refractivity contribution in [3.63, 3.8) is 0 Å². The van der Waals surface area contributed by atoms with Crippen LogP contribution in [0.15, 0.2) is 11.6 Å². The molecule has 8 fully saturated rings. The quantitative estimate of drug-likeness (QED) is 0.0727. The third kappa shape index (κ3) is 10.2. The molecule has 0 aromatic carbocycles. The van der Waals surface area contributed by atoms with Gasteiger partial charge in [0.1, 0.15) is 91.6 Å². The van der Waals surface area contributed by atoms with Crippen LogP contribution in [0.3, 0.4) is 0 Å². The molecule has 9 rings (SSSR count). The number of ether oxygens (including phenoxy) is 9. The van der Waals surface area contributed by atoms with Crippen molar-refractivity contribution in [1.29, 1.82) is 0 Å². The van der Waals surface area contributed by atoms with Gasteiger partial charge in [0.05, 0.1) is 44.7 Å². The van der Waals surface area contributed by atoms with Crippen LogP contribution in [-0.2, 0) is 42.6 Å². The van der Waals surface area contributed by atoms with Crippen molar-refractivity contribution in [2.45, 2.75) is 233 Å². The minimum Gasteiger partial charge on any atom is -0.394 e. The average molecular weight is 1070 g/mol. The first kappa shape index (κ1) is 57.5. The summed E-state index contributed by atoms with van der Waals surface area (Å²) in [5.41, 5.74) is 1.07. The van der Waals surface area contributed by atoms with Gasteiger partial charge in [0.15, 0.2) is 30.9 Å². The molecule has 426 valence electrons. The van der Waals surface area contributed by atoms with Crippen LogP contribution in [-0.4, -0.2) is 239 Å². The van der Waals surface area contributed by atoms with E-state index in [-0.39, 0.29) is 41.3 Å². The summed E-state index contributed by atoms with van der Waals surface area (Å²) in [6, 6.07) is 0. The number of fused-ring (bicyclic) bond motifs is 7. The second kappa shape index (κ2) is 22.4. The van der Waals surface area contributed by atoms with Gasteiger partial charge < -0.3 is 114 Å².